The van der Waals surface area contributed by atoms with Gasteiger partial charge in [0.25, 0.3) is 0 Å². The van der Waals surface area contributed by atoms with Crippen LogP contribution in [-0.2, 0) is 0 Å². The summed E-state index contributed by atoms with van der Waals surface area (Å²) in [6.45, 7) is 0. The lowest BCUT2D eigenvalue weighted by Gasteiger charge is -2.13. The zero-order chi connectivity index (χ0) is 10.8. The van der Waals surface area contributed by atoms with Gasteiger partial charge in [-0.05, 0) is 12.1 Å². The lowest BCUT2D eigenvalue weighted by atomic mass is 10.3. The number of anilines is 1. The average Bonchev–Trinajstić information content (AvgIpc) is 2.27. The Hall–Kier alpha value is -1.91. The lowest BCUT2D eigenvalue weighted by Crippen LogP contribution is -2.12. The van der Waals surface area contributed by atoms with Crippen LogP contribution in [0.15, 0.2) is 18.3 Å². The summed E-state index contributed by atoms with van der Waals surface area (Å²) in [6.07, 6.45) is 1.73. The molecule has 78 valence electrons. The van der Waals surface area contributed by atoms with Crippen LogP contribution in [0, 0.1) is 0 Å². The van der Waals surface area contributed by atoms with Crippen molar-refractivity contribution < 1.29 is 4.74 Å². The minimum atomic E-state index is 0.360. The minimum absolute atomic E-state index is 0.360. The molecular formula is C10H12N4O. The van der Waals surface area contributed by atoms with Gasteiger partial charge in [-0.15, -0.1) is 0 Å². The molecule has 0 amide bonds. The highest BCUT2D eigenvalue weighted by Gasteiger charge is 2.09. The SMILES string of the molecule is COc1nc(N(C)C)c2ncccc2n1. The Bertz CT molecular complexity index is 484. The van der Waals surface area contributed by atoms with Crippen molar-refractivity contribution in [3.63, 3.8) is 0 Å². The van der Waals surface area contributed by atoms with E-state index in [0.29, 0.717) is 6.01 Å². The first-order valence-corrected chi connectivity index (χ1v) is 4.56. The first-order valence-electron chi connectivity index (χ1n) is 4.56. The molecule has 15 heavy (non-hydrogen) atoms. The first kappa shape index (κ1) is 9.64. The maximum absolute atomic E-state index is 5.04. The fraction of sp³-hybridized carbons (Fsp3) is 0.300. The van der Waals surface area contributed by atoms with Gasteiger partial charge in [-0.25, -0.2) is 0 Å². The second-order valence-corrected chi connectivity index (χ2v) is 3.30. The Labute approximate surface area is 87.7 Å². The second-order valence-electron chi connectivity index (χ2n) is 3.30. The molecule has 0 aromatic carbocycles. The standard InChI is InChI=1S/C10H12N4O/c1-14(2)9-8-7(5-4-6-11-8)12-10(13-9)15-3/h4-6H,1-3H3. The van der Waals surface area contributed by atoms with E-state index in [1.165, 1.54) is 0 Å². The van der Waals surface area contributed by atoms with Gasteiger partial charge in [-0.1, -0.05) is 0 Å². The quantitative estimate of drug-likeness (QED) is 0.733. The van der Waals surface area contributed by atoms with Gasteiger partial charge in [-0.3, -0.25) is 4.98 Å². The van der Waals surface area contributed by atoms with Crippen LogP contribution in [0.3, 0.4) is 0 Å². The van der Waals surface area contributed by atoms with E-state index < -0.39 is 0 Å². The molecule has 0 bridgehead atoms. The molecular weight excluding hydrogens is 192 g/mol. The molecule has 5 heteroatoms. The molecule has 0 saturated carbocycles. The molecule has 0 aliphatic rings. The van der Waals surface area contributed by atoms with E-state index in [4.69, 9.17) is 4.74 Å². The van der Waals surface area contributed by atoms with Crippen LogP contribution in [0.5, 0.6) is 6.01 Å². The highest BCUT2D eigenvalue weighted by molar-refractivity contribution is 5.85. The van der Waals surface area contributed by atoms with Crippen molar-refractivity contribution in [2.45, 2.75) is 0 Å². The van der Waals surface area contributed by atoms with Crippen LogP contribution in [0.1, 0.15) is 0 Å². The third-order valence-electron chi connectivity index (χ3n) is 2.02. The van der Waals surface area contributed by atoms with Crippen molar-refractivity contribution in [3.8, 4) is 6.01 Å². The van der Waals surface area contributed by atoms with E-state index in [9.17, 15) is 0 Å². The smallest absolute Gasteiger partial charge is 0.318 e. The summed E-state index contributed by atoms with van der Waals surface area (Å²) in [5.74, 6) is 0.762. The Morgan fingerprint density at radius 1 is 1.27 bits per heavy atom. The molecule has 0 spiro atoms. The van der Waals surface area contributed by atoms with Crippen LogP contribution >= 0.6 is 0 Å². The first-order chi connectivity index (χ1) is 7.22. The topological polar surface area (TPSA) is 51.1 Å². The Balaban J connectivity index is 2.74. The molecule has 2 rings (SSSR count). The van der Waals surface area contributed by atoms with Gasteiger partial charge in [0, 0.05) is 20.3 Å². The van der Waals surface area contributed by atoms with Crippen LogP contribution in [0.2, 0.25) is 0 Å². The molecule has 0 unspecified atom stereocenters. The molecule has 0 radical (unpaired) electrons. The van der Waals surface area contributed by atoms with Crippen molar-refractivity contribution in [1.29, 1.82) is 0 Å². The lowest BCUT2D eigenvalue weighted by molar-refractivity contribution is 0.382. The van der Waals surface area contributed by atoms with Crippen molar-refractivity contribution in [3.05, 3.63) is 18.3 Å². The van der Waals surface area contributed by atoms with Gasteiger partial charge >= 0.3 is 6.01 Å². The molecule has 0 atom stereocenters. The molecule has 5 nitrogen and oxygen atoms in total. The van der Waals surface area contributed by atoms with Crippen molar-refractivity contribution in [1.82, 2.24) is 15.0 Å². The number of fused-ring (bicyclic) bond motifs is 1. The average molecular weight is 204 g/mol. The van der Waals surface area contributed by atoms with Gasteiger partial charge in [0.15, 0.2) is 5.82 Å². The highest BCUT2D eigenvalue weighted by atomic mass is 16.5. The second kappa shape index (κ2) is 3.68. The van der Waals surface area contributed by atoms with Crippen molar-refractivity contribution >= 4 is 16.9 Å². The maximum Gasteiger partial charge on any atom is 0.318 e. The van der Waals surface area contributed by atoms with Gasteiger partial charge < -0.3 is 9.64 Å². The molecule has 0 aliphatic heterocycles. The van der Waals surface area contributed by atoms with E-state index in [-0.39, 0.29) is 0 Å². The number of rotatable bonds is 2. The van der Waals surface area contributed by atoms with Crippen LogP contribution in [-0.4, -0.2) is 36.2 Å². The van der Waals surface area contributed by atoms with Gasteiger partial charge in [-0.2, -0.15) is 9.97 Å². The molecule has 0 aliphatic carbocycles. The fourth-order valence-corrected chi connectivity index (χ4v) is 1.33. The molecule has 0 fully saturated rings. The van der Waals surface area contributed by atoms with E-state index in [1.807, 2.05) is 31.1 Å². The van der Waals surface area contributed by atoms with Crippen LogP contribution in [0.4, 0.5) is 5.82 Å². The van der Waals surface area contributed by atoms with Gasteiger partial charge in [0.2, 0.25) is 0 Å². The summed E-state index contributed by atoms with van der Waals surface area (Å²) in [5.41, 5.74) is 1.57. The number of aromatic nitrogens is 3. The number of methoxy groups -OCH3 is 1. The fourth-order valence-electron chi connectivity index (χ4n) is 1.33. The number of hydrogen-bond acceptors (Lipinski definition) is 5. The number of hydrogen-bond donors (Lipinski definition) is 0. The Morgan fingerprint density at radius 3 is 2.73 bits per heavy atom. The van der Waals surface area contributed by atoms with Crippen molar-refractivity contribution in [2.75, 3.05) is 26.1 Å². The summed E-state index contributed by atoms with van der Waals surface area (Å²) in [5, 5.41) is 0. The van der Waals surface area contributed by atoms with E-state index in [2.05, 4.69) is 15.0 Å². The molecule has 2 aromatic rings. The Morgan fingerprint density at radius 2 is 2.07 bits per heavy atom. The highest BCUT2D eigenvalue weighted by Crippen LogP contribution is 2.21. The third kappa shape index (κ3) is 1.68. The Kier molecular flexibility index (Phi) is 2.37. The largest absolute Gasteiger partial charge is 0.467 e. The predicted octanol–water partition coefficient (Wildman–Crippen LogP) is 1.10. The summed E-state index contributed by atoms with van der Waals surface area (Å²) in [6, 6.07) is 4.09. The zero-order valence-electron chi connectivity index (χ0n) is 8.93. The molecule has 2 heterocycles. The van der Waals surface area contributed by atoms with Crippen LogP contribution in [0.25, 0.3) is 11.0 Å². The third-order valence-corrected chi connectivity index (χ3v) is 2.02. The predicted molar refractivity (Wildman–Crippen MR) is 58.2 cm³/mol. The number of pyridine rings is 1. The monoisotopic (exact) mass is 204 g/mol. The van der Waals surface area contributed by atoms with Crippen molar-refractivity contribution in [2.24, 2.45) is 0 Å². The molecule has 0 N–H and O–H groups in total. The maximum atomic E-state index is 5.04. The molecule has 0 saturated heterocycles. The summed E-state index contributed by atoms with van der Waals surface area (Å²) in [7, 11) is 5.38. The molecule has 2 aromatic heterocycles. The van der Waals surface area contributed by atoms with E-state index in [1.54, 1.807) is 13.3 Å². The van der Waals surface area contributed by atoms with Gasteiger partial charge in [0.05, 0.1) is 12.6 Å². The summed E-state index contributed by atoms with van der Waals surface area (Å²) in [4.78, 5) is 14.6. The zero-order valence-corrected chi connectivity index (χ0v) is 8.93. The van der Waals surface area contributed by atoms with Gasteiger partial charge in [0.1, 0.15) is 5.52 Å². The summed E-state index contributed by atoms with van der Waals surface area (Å²) >= 11 is 0. The van der Waals surface area contributed by atoms with E-state index >= 15 is 0 Å². The van der Waals surface area contributed by atoms with E-state index in [0.717, 1.165) is 16.9 Å². The van der Waals surface area contributed by atoms with Crippen LogP contribution < -0.4 is 9.64 Å². The normalized spacial score (nSPS) is 10.3. The summed E-state index contributed by atoms with van der Waals surface area (Å²) < 4.78 is 5.04. The number of ether oxygens (including phenoxy) is 1. The number of nitrogens with zero attached hydrogens (tertiary/aromatic N) is 4. The minimum Gasteiger partial charge on any atom is -0.467 e.